The van der Waals surface area contributed by atoms with Gasteiger partial charge >= 0.3 is 0 Å². The van der Waals surface area contributed by atoms with Crippen molar-refractivity contribution in [1.29, 1.82) is 0 Å². The molecule has 2 unspecified atom stereocenters. The minimum atomic E-state index is -1.13. The van der Waals surface area contributed by atoms with Gasteiger partial charge in [0.25, 0.3) is 0 Å². The quantitative estimate of drug-likeness (QED) is 0.245. The third kappa shape index (κ3) is 5.39. The fourth-order valence-corrected chi connectivity index (χ4v) is 4.50. The second-order valence-electron chi connectivity index (χ2n) is 7.86. The first kappa shape index (κ1) is 23.6. The first-order chi connectivity index (χ1) is 17.4. The highest BCUT2D eigenvalue weighted by Gasteiger charge is 2.12. The fourth-order valence-electron chi connectivity index (χ4n) is 3.56. The maximum absolute atomic E-state index is 11.3. The van der Waals surface area contributed by atoms with E-state index in [1.165, 1.54) is 0 Å². The molecular weight excluding hydrogens is 496 g/mol. The predicted molar refractivity (Wildman–Crippen MR) is 143 cm³/mol. The van der Waals surface area contributed by atoms with Crippen LogP contribution in [-0.4, -0.2) is 51.3 Å². The van der Waals surface area contributed by atoms with Crippen LogP contribution in [0.4, 0.5) is 11.4 Å². The van der Waals surface area contributed by atoms with Crippen LogP contribution in [0.3, 0.4) is 0 Å². The van der Waals surface area contributed by atoms with Crippen LogP contribution >= 0.6 is 0 Å². The van der Waals surface area contributed by atoms with Crippen LogP contribution in [0.5, 0.6) is 0 Å². The Morgan fingerprint density at radius 2 is 1.03 bits per heavy atom. The number of aromatic amines is 2. The number of nitrogens with one attached hydrogen (secondary N) is 4. The van der Waals surface area contributed by atoms with E-state index in [1.54, 1.807) is 12.5 Å². The molecule has 0 aliphatic heterocycles. The van der Waals surface area contributed by atoms with Crippen molar-refractivity contribution >= 4 is 33.3 Å². The third-order valence-electron chi connectivity index (χ3n) is 5.19. The monoisotopic (exact) mass is 518 g/mol. The summed E-state index contributed by atoms with van der Waals surface area (Å²) in [5.41, 5.74) is 4.91. The van der Waals surface area contributed by atoms with Crippen LogP contribution in [0, 0.1) is 0 Å². The molecule has 0 amide bonds. The number of anilines is 2. The Morgan fingerprint density at radius 1 is 0.611 bits per heavy atom. The van der Waals surface area contributed by atoms with Gasteiger partial charge in [-0.3, -0.25) is 10.2 Å². The molecule has 0 saturated heterocycles. The van der Waals surface area contributed by atoms with E-state index < -0.39 is 22.0 Å². The summed E-state index contributed by atoms with van der Waals surface area (Å²) in [6.07, 6.45) is 3.16. The van der Waals surface area contributed by atoms with E-state index in [-0.39, 0.29) is 0 Å². The van der Waals surface area contributed by atoms with Gasteiger partial charge in [0.2, 0.25) is 0 Å². The Balaban J connectivity index is 1.35. The van der Waals surface area contributed by atoms with E-state index in [2.05, 4.69) is 39.8 Å². The first-order valence-corrected chi connectivity index (χ1v) is 13.9. The summed E-state index contributed by atoms with van der Waals surface area (Å²) in [4.78, 5) is 9.27. The summed E-state index contributed by atoms with van der Waals surface area (Å²) in [5.74, 6) is 2.36. The number of H-pyrrole nitrogens is 2. The average Bonchev–Trinajstić information content (AvgIpc) is 3.55. The Hall–Kier alpha value is -4.16. The van der Waals surface area contributed by atoms with Crippen molar-refractivity contribution in [3.8, 4) is 45.6 Å². The lowest BCUT2D eigenvalue weighted by molar-refractivity contribution is 0.689. The summed E-state index contributed by atoms with van der Waals surface area (Å²) in [6, 6.07) is 22.6. The zero-order chi connectivity index (χ0) is 25.1. The Kier molecular flexibility index (Phi) is 6.69. The fraction of sp³-hybridized carbons (Fsp3) is 0.0833. The molecule has 10 nitrogen and oxygen atoms in total. The van der Waals surface area contributed by atoms with Gasteiger partial charge in [-0.25, -0.2) is 18.4 Å². The molecule has 3 aromatic carbocycles. The number of benzene rings is 3. The second-order valence-corrected chi connectivity index (χ2v) is 10.1. The number of hydrogen-bond donors (Lipinski definition) is 4. The third-order valence-corrected chi connectivity index (χ3v) is 6.24. The van der Waals surface area contributed by atoms with Crippen molar-refractivity contribution in [2.45, 2.75) is 0 Å². The van der Waals surface area contributed by atoms with Crippen molar-refractivity contribution in [3.05, 3.63) is 72.8 Å². The summed E-state index contributed by atoms with van der Waals surface area (Å²) >= 11 is 0. The van der Waals surface area contributed by atoms with E-state index >= 15 is 0 Å². The number of aromatic nitrogens is 6. The van der Waals surface area contributed by atoms with Gasteiger partial charge in [-0.05, 0) is 54.6 Å². The van der Waals surface area contributed by atoms with Crippen LogP contribution in [0.15, 0.2) is 72.8 Å². The highest BCUT2D eigenvalue weighted by molar-refractivity contribution is 7.85. The molecule has 0 fully saturated rings. The smallest absolute Gasteiger partial charge is 0.181 e. The highest BCUT2D eigenvalue weighted by Crippen LogP contribution is 2.26. The lowest BCUT2D eigenvalue weighted by atomic mass is 10.1. The molecule has 5 aromatic rings. The minimum absolute atomic E-state index is 0.552. The largest absolute Gasteiger partial charge is 0.305 e. The zero-order valence-electron chi connectivity index (χ0n) is 19.4. The number of hydrogen-bond acceptors (Lipinski definition) is 6. The first-order valence-electron chi connectivity index (χ1n) is 10.8. The molecule has 2 aromatic heterocycles. The van der Waals surface area contributed by atoms with Crippen molar-refractivity contribution in [2.75, 3.05) is 22.0 Å². The minimum Gasteiger partial charge on any atom is -0.305 e. The molecule has 0 spiro atoms. The van der Waals surface area contributed by atoms with Crippen LogP contribution < -0.4 is 9.44 Å². The predicted octanol–water partition coefficient (Wildman–Crippen LogP) is 4.00. The van der Waals surface area contributed by atoms with E-state index in [0.29, 0.717) is 23.3 Å². The maximum atomic E-state index is 11.3. The average molecular weight is 519 g/mol. The highest BCUT2D eigenvalue weighted by atomic mass is 32.2. The van der Waals surface area contributed by atoms with Gasteiger partial charge in [0, 0.05) is 46.1 Å². The molecule has 0 aliphatic rings. The van der Waals surface area contributed by atoms with Crippen LogP contribution in [0.2, 0.25) is 0 Å². The van der Waals surface area contributed by atoms with Crippen molar-refractivity contribution in [2.24, 2.45) is 0 Å². The van der Waals surface area contributed by atoms with Crippen molar-refractivity contribution in [3.63, 3.8) is 0 Å². The van der Waals surface area contributed by atoms with Crippen molar-refractivity contribution in [1.82, 2.24) is 30.4 Å². The summed E-state index contributed by atoms with van der Waals surface area (Å²) in [5, 5.41) is 14.7. The summed E-state index contributed by atoms with van der Waals surface area (Å²) < 4.78 is 28.4. The molecule has 0 saturated carbocycles. The van der Waals surface area contributed by atoms with E-state index in [4.69, 9.17) is 0 Å². The van der Waals surface area contributed by atoms with Crippen molar-refractivity contribution < 1.29 is 8.42 Å². The standard InChI is InChI=1S/C24H22N8O2S2/c1-35(33)31-19-10-6-15(7-11-19)21-25-23(29-27-21)17-4-3-5-18(14-17)24-26-22(28-30-24)16-8-12-20(13-9-16)32-36(2)34/h3-14,31-32H,1-2H3,(H,25,27,29)(H,26,28,30). The maximum Gasteiger partial charge on any atom is 0.181 e. The lowest BCUT2D eigenvalue weighted by Gasteiger charge is -2.03. The summed E-state index contributed by atoms with van der Waals surface area (Å²) in [6.45, 7) is 0. The molecule has 36 heavy (non-hydrogen) atoms. The molecule has 0 aliphatic carbocycles. The molecule has 0 radical (unpaired) electrons. The van der Waals surface area contributed by atoms with Crippen LogP contribution in [-0.2, 0) is 22.0 Å². The molecule has 182 valence electrons. The molecule has 0 bridgehead atoms. The molecule has 5 rings (SSSR count). The van der Waals surface area contributed by atoms with Gasteiger partial charge in [-0.2, -0.15) is 10.2 Å². The molecule has 12 heteroatoms. The Labute approximate surface area is 212 Å². The topological polar surface area (TPSA) is 141 Å². The number of nitrogens with zero attached hydrogens (tertiary/aromatic N) is 4. The van der Waals surface area contributed by atoms with E-state index in [9.17, 15) is 8.42 Å². The zero-order valence-corrected chi connectivity index (χ0v) is 21.0. The molecule has 2 atom stereocenters. The number of rotatable bonds is 8. The molecule has 2 heterocycles. The normalized spacial score (nSPS) is 12.7. The van der Waals surface area contributed by atoms with Crippen LogP contribution in [0.1, 0.15) is 0 Å². The van der Waals surface area contributed by atoms with Gasteiger partial charge in [0.15, 0.2) is 23.3 Å². The van der Waals surface area contributed by atoms with E-state index in [1.807, 2.05) is 72.8 Å². The van der Waals surface area contributed by atoms with Crippen LogP contribution in [0.25, 0.3) is 45.6 Å². The molecule has 4 N–H and O–H groups in total. The van der Waals surface area contributed by atoms with Gasteiger partial charge in [-0.15, -0.1) is 0 Å². The van der Waals surface area contributed by atoms with Gasteiger partial charge < -0.3 is 9.44 Å². The Bertz CT molecular complexity index is 1430. The van der Waals surface area contributed by atoms with Gasteiger partial charge in [0.05, 0.1) is 0 Å². The van der Waals surface area contributed by atoms with Gasteiger partial charge in [0.1, 0.15) is 22.0 Å². The Morgan fingerprint density at radius 3 is 1.42 bits per heavy atom. The lowest BCUT2D eigenvalue weighted by Crippen LogP contribution is -2.00. The SMILES string of the molecule is CS(=O)Nc1ccc(-c2nc(-c3cccc(-c4n[nH]c(-c5ccc(NS(C)=O)cc5)n4)c3)n[nH]2)cc1. The second kappa shape index (κ2) is 10.2. The van der Waals surface area contributed by atoms with E-state index in [0.717, 1.165) is 33.6 Å². The van der Waals surface area contributed by atoms with Gasteiger partial charge in [-0.1, -0.05) is 18.2 Å². The summed E-state index contributed by atoms with van der Waals surface area (Å²) in [7, 11) is -2.26. The molecular formula is C24H22N8O2S2.